The molecule has 1 aliphatic heterocycles. The van der Waals surface area contributed by atoms with E-state index in [1.54, 1.807) is 14.2 Å². The van der Waals surface area contributed by atoms with E-state index in [1.807, 2.05) is 18.2 Å². The summed E-state index contributed by atoms with van der Waals surface area (Å²) in [6.45, 7) is 2.85. The van der Waals surface area contributed by atoms with Crippen LogP contribution in [0.15, 0.2) is 18.2 Å². The fourth-order valence-electron chi connectivity index (χ4n) is 2.68. The van der Waals surface area contributed by atoms with E-state index in [0.29, 0.717) is 0 Å². The third kappa shape index (κ3) is 2.68. The monoisotopic (exact) mass is 266 g/mol. The van der Waals surface area contributed by atoms with Crippen LogP contribution in [0.2, 0.25) is 0 Å². The number of hydrogen-bond acceptors (Lipinski definition) is 5. The zero-order chi connectivity index (χ0) is 13.9. The maximum atomic E-state index is 5.87. The van der Waals surface area contributed by atoms with Gasteiger partial charge in [0.1, 0.15) is 11.5 Å². The van der Waals surface area contributed by atoms with Crippen LogP contribution in [0, 0.1) is 0 Å². The Labute approximate surface area is 114 Å². The van der Waals surface area contributed by atoms with Gasteiger partial charge in [0.2, 0.25) is 0 Å². The maximum absolute atomic E-state index is 5.87. The fraction of sp³-hybridized carbons (Fsp3) is 0.571. The molecule has 106 valence electrons. The van der Waals surface area contributed by atoms with Crippen LogP contribution in [0.4, 0.5) is 0 Å². The van der Waals surface area contributed by atoms with Crippen LogP contribution in [0.1, 0.15) is 31.4 Å². The highest BCUT2D eigenvalue weighted by atomic mass is 16.5. The van der Waals surface area contributed by atoms with Gasteiger partial charge in [-0.25, -0.2) is 5.43 Å². The van der Waals surface area contributed by atoms with E-state index < -0.39 is 0 Å². The van der Waals surface area contributed by atoms with Crippen molar-refractivity contribution in [1.29, 1.82) is 0 Å². The highest BCUT2D eigenvalue weighted by molar-refractivity contribution is 5.43. The zero-order valence-corrected chi connectivity index (χ0v) is 11.7. The van der Waals surface area contributed by atoms with Gasteiger partial charge in [0.05, 0.1) is 25.9 Å². The van der Waals surface area contributed by atoms with E-state index in [1.165, 1.54) is 0 Å². The van der Waals surface area contributed by atoms with Gasteiger partial charge in [-0.05, 0) is 31.9 Å². The van der Waals surface area contributed by atoms with Gasteiger partial charge in [-0.1, -0.05) is 0 Å². The fourth-order valence-corrected chi connectivity index (χ4v) is 2.68. The summed E-state index contributed by atoms with van der Waals surface area (Å²) in [6, 6.07) is 5.61. The number of rotatable bonds is 5. The average Bonchev–Trinajstić information content (AvgIpc) is 2.87. The van der Waals surface area contributed by atoms with Crippen molar-refractivity contribution in [2.24, 2.45) is 5.84 Å². The number of hydrogen-bond donors (Lipinski definition) is 2. The number of benzene rings is 1. The van der Waals surface area contributed by atoms with E-state index in [2.05, 4.69) is 12.3 Å². The molecule has 3 N–H and O–H groups in total. The number of ether oxygens (including phenoxy) is 3. The minimum absolute atomic E-state index is 0.115. The SMILES string of the molecule is COc1ccc(C(NN)C2(C)CCCO2)c(OC)c1. The summed E-state index contributed by atoms with van der Waals surface area (Å²) >= 11 is 0. The molecule has 5 heteroatoms. The Kier molecular flexibility index (Phi) is 4.29. The largest absolute Gasteiger partial charge is 0.497 e. The Hall–Kier alpha value is -1.30. The van der Waals surface area contributed by atoms with Crippen molar-refractivity contribution in [3.8, 4) is 11.5 Å². The molecule has 5 nitrogen and oxygen atoms in total. The van der Waals surface area contributed by atoms with Gasteiger partial charge in [-0.15, -0.1) is 0 Å². The topological polar surface area (TPSA) is 65.7 Å². The number of nitrogens with two attached hydrogens (primary N) is 1. The van der Waals surface area contributed by atoms with Gasteiger partial charge in [0, 0.05) is 18.2 Å². The third-order valence-electron chi connectivity index (χ3n) is 3.78. The van der Waals surface area contributed by atoms with Crippen molar-refractivity contribution in [2.75, 3.05) is 20.8 Å². The lowest BCUT2D eigenvalue weighted by atomic mass is 9.87. The normalized spacial score (nSPS) is 24.2. The first-order valence-corrected chi connectivity index (χ1v) is 6.46. The molecule has 1 fully saturated rings. The Morgan fingerprint density at radius 1 is 1.37 bits per heavy atom. The molecule has 1 heterocycles. The second kappa shape index (κ2) is 5.77. The number of nitrogens with one attached hydrogen (secondary N) is 1. The standard InChI is InChI=1S/C14H22N2O3/c1-14(7-4-8-19-14)13(16-15)11-6-5-10(17-2)9-12(11)18-3/h5-6,9,13,16H,4,7-8,15H2,1-3H3. The molecule has 1 aromatic carbocycles. The smallest absolute Gasteiger partial charge is 0.127 e. The molecule has 0 aliphatic carbocycles. The molecule has 0 spiro atoms. The Bertz CT molecular complexity index is 431. The Balaban J connectivity index is 2.37. The van der Waals surface area contributed by atoms with E-state index >= 15 is 0 Å². The van der Waals surface area contributed by atoms with Crippen LogP contribution in [0.3, 0.4) is 0 Å². The molecule has 1 aliphatic rings. The van der Waals surface area contributed by atoms with Crippen LogP contribution in [0.5, 0.6) is 11.5 Å². The quantitative estimate of drug-likeness (QED) is 0.628. The van der Waals surface area contributed by atoms with E-state index in [-0.39, 0.29) is 11.6 Å². The Morgan fingerprint density at radius 2 is 2.16 bits per heavy atom. The summed E-state index contributed by atoms with van der Waals surface area (Å²) in [4.78, 5) is 0. The van der Waals surface area contributed by atoms with Crippen molar-refractivity contribution in [3.05, 3.63) is 23.8 Å². The number of methoxy groups -OCH3 is 2. The van der Waals surface area contributed by atoms with Crippen molar-refractivity contribution >= 4 is 0 Å². The first-order valence-electron chi connectivity index (χ1n) is 6.46. The predicted molar refractivity (Wildman–Crippen MR) is 73.2 cm³/mol. The summed E-state index contributed by atoms with van der Waals surface area (Å²) in [5.41, 5.74) is 3.54. The van der Waals surface area contributed by atoms with E-state index in [0.717, 1.165) is 36.5 Å². The van der Waals surface area contributed by atoms with Crippen LogP contribution in [0.25, 0.3) is 0 Å². The first-order chi connectivity index (χ1) is 9.14. The molecule has 0 amide bonds. The molecule has 0 bridgehead atoms. The molecule has 1 aromatic rings. The molecule has 19 heavy (non-hydrogen) atoms. The zero-order valence-electron chi connectivity index (χ0n) is 11.7. The second-order valence-electron chi connectivity index (χ2n) is 4.97. The second-order valence-corrected chi connectivity index (χ2v) is 4.97. The molecule has 2 atom stereocenters. The highest BCUT2D eigenvalue weighted by Crippen LogP contribution is 2.41. The summed E-state index contributed by atoms with van der Waals surface area (Å²) in [7, 11) is 3.28. The lowest BCUT2D eigenvalue weighted by Crippen LogP contribution is -2.44. The summed E-state index contributed by atoms with van der Waals surface area (Å²) in [6.07, 6.45) is 2.02. The van der Waals surface area contributed by atoms with Crippen molar-refractivity contribution < 1.29 is 14.2 Å². The van der Waals surface area contributed by atoms with Gasteiger partial charge in [0.15, 0.2) is 0 Å². The van der Waals surface area contributed by atoms with Crippen molar-refractivity contribution in [1.82, 2.24) is 5.43 Å². The molecule has 0 saturated carbocycles. The first kappa shape index (κ1) is 14.1. The molecule has 1 saturated heterocycles. The molecule has 2 unspecified atom stereocenters. The average molecular weight is 266 g/mol. The van der Waals surface area contributed by atoms with Gasteiger partial charge in [0.25, 0.3) is 0 Å². The highest BCUT2D eigenvalue weighted by Gasteiger charge is 2.40. The molecular formula is C14H22N2O3. The van der Waals surface area contributed by atoms with E-state index in [4.69, 9.17) is 20.1 Å². The van der Waals surface area contributed by atoms with Crippen LogP contribution in [-0.4, -0.2) is 26.4 Å². The third-order valence-corrected chi connectivity index (χ3v) is 3.78. The minimum Gasteiger partial charge on any atom is -0.497 e. The molecule has 0 radical (unpaired) electrons. The maximum Gasteiger partial charge on any atom is 0.127 e. The summed E-state index contributed by atoms with van der Waals surface area (Å²) in [5.74, 6) is 7.25. The van der Waals surface area contributed by atoms with Crippen molar-refractivity contribution in [2.45, 2.75) is 31.4 Å². The summed E-state index contributed by atoms with van der Waals surface area (Å²) < 4.78 is 16.5. The predicted octanol–water partition coefficient (Wildman–Crippen LogP) is 1.78. The van der Waals surface area contributed by atoms with Gasteiger partial charge >= 0.3 is 0 Å². The number of hydrazine groups is 1. The molecular weight excluding hydrogens is 244 g/mol. The summed E-state index contributed by atoms with van der Waals surface area (Å²) in [5, 5.41) is 0. The molecule has 0 aromatic heterocycles. The lowest BCUT2D eigenvalue weighted by Gasteiger charge is -2.34. The van der Waals surface area contributed by atoms with Crippen LogP contribution < -0.4 is 20.7 Å². The van der Waals surface area contributed by atoms with Crippen LogP contribution >= 0.6 is 0 Å². The van der Waals surface area contributed by atoms with Crippen LogP contribution in [-0.2, 0) is 4.74 Å². The molecule has 2 rings (SSSR count). The lowest BCUT2D eigenvalue weighted by molar-refractivity contribution is -0.0131. The van der Waals surface area contributed by atoms with Gasteiger partial charge < -0.3 is 14.2 Å². The van der Waals surface area contributed by atoms with Gasteiger partial charge in [-0.3, -0.25) is 5.84 Å². The van der Waals surface area contributed by atoms with E-state index in [9.17, 15) is 0 Å². The Morgan fingerprint density at radius 3 is 2.68 bits per heavy atom. The van der Waals surface area contributed by atoms with Gasteiger partial charge in [-0.2, -0.15) is 0 Å². The minimum atomic E-state index is -0.309. The van der Waals surface area contributed by atoms with Crippen molar-refractivity contribution in [3.63, 3.8) is 0 Å².